The van der Waals surface area contributed by atoms with Crippen molar-refractivity contribution >= 4 is 17.5 Å². The number of hydrogen-bond acceptors (Lipinski definition) is 7. The molecule has 35 heavy (non-hydrogen) atoms. The largest absolute Gasteiger partial charge is 0.496 e. The summed E-state index contributed by atoms with van der Waals surface area (Å²) in [5, 5.41) is 5.53. The zero-order chi connectivity index (χ0) is 25.6. The van der Waals surface area contributed by atoms with Gasteiger partial charge in [-0.3, -0.25) is 14.5 Å². The van der Waals surface area contributed by atoms with Crippen molar-refractivity contribution in [2.45, 2.75) is 46.6 Å². The monoisotopic (exact) mass is 485 g/mol. The predicted octanol–water partition coefficient (Wildman–Crippen LogP) is 3.24. The summed E-state index contributed by atoms with van der Waals surface area (Å²) in [6.45, 7) is 16.4. The first-order valence-electron chi connectivity index (χ1n) is 12.1. The number of piperazine rings is 1. The fourth-order valence-electron chi connectivity index (χ4n) is 4.14. The first-order valence-corrected chi connectivity index (χ1v) is 12.1. The molecule has 2 heterocycles. The Morgan fingerprint density at radius 3 is 2.34 bits per heavy atom. The number of methoxy groups -OCH3 is 1. The van der Waals surface area contributed by atoms with Gasteiger partial charge in [0.05, 0.1) is 18.9 Å². The van der Waals surface area contributed by atoms with Crippen LogP contribution in [0.15, 0.2) is 35.2 Å². The SMILES string of the molecule is COc1cc(NC(=O)C(=O)NC(C)(C)CN2CCN(CCC(C)(C)C)CC2)ccc1-c1cnco1. The van der Waals surface area contributed by atoms with Gasteiger partial charge in [-0.25, -0.2) is 4.98 Å². The highest BCUT2D eigenvalue weighted by molar-refractivity contribution is 6.39. The van der Waals surface area contributed by atoms with Gasteiger partial charge in [-0.1, -0.05) is 20.8 Å². The van der Waals surface area contributed by atoms with E-state index in [1.807, 2.05) is 13.8 Å². The number of nitrogens with one attached hydrogen (secondary N) is 2. The maximum atomic E-state index is 12.6. The lowest BCUT2D eigenvalue weighted by Crippen LogP contribution is -2.57. The first kappa shape index (κ1) is 26.7. The first-order chi connectivity index (χ1) is 16.5. The molecule has 0 atom stereocenters. The predicted molar refractivity (Wildman–Crippen MR) is 136 cm³/mol. The van der Waals surface area contributed by atoms with Gasteiger partial charge in [-0.2, -0.15) is 0 Å². The van der Waals surface area contributed by atoms with Crippen molar-refractivity contribution < 1.29 is 18.7 Å². The summed E-state index contributed by atoms with van der Waals surface area (Å²) in [6.07, 6.45) is 4.10. The minimum absolute atomic E-state index is 0.341. The van der Waals surface area contributed by atoms with E-state index in [-0.39, 0.29) is 0 Å². The molecule has 9 nitrogen and oxygen atoms in total. The van der Waals surface area contributed by atoms with Crippen molar-refractivity contribution in [2.24, 2.45) is 5.41 Å². The summed E-state index contributed by atoms with van der Waals surface area (Å²) in [6, 6.07) is 5.08. The molecule has 0 bridgehead atoms. The standard InChI is InChI=1S/C26H39N5O4/c1-25(2,3)9-10-30-11-13-31(14-12-30)17-26(4,5)29-24(33)23(32)28-19-7-8-20(21(15-19)34-6)22-16-27-18-35-22/h7-8,15-16,18H,9-14,17H2,1-6H3,(H,28,32)(H,29,33). The molecular weight excluding hydrogens is 446 g/mol. The molecule has 0 saturated carbocycles. The van der Waals surface area contributed by atoms with Crippen LogP contribution in [0.1, 0.15) is 41.0 Å². The number of aromatic nitrogens is 1. The smallest absolute Gasteiger partial charge is 0.313 e. The third kappa shape index (κ3) is 8.07. The zero-order valence-corrected chi connectivity index (χ0v) is 21.8. The maximum absolute atomic E-state index is 12.6. The molecule has 192 valence electrons. The van der Waals surface area contributed by atoms with Crippen molar-refractivity contribution in [3.8, 4) is 17.1 Å². The van der Waals surface area contributed by atoms with E-state index in [9.17, 15) is 9.59 Å². The molecule has 0 spiro atoms. The molecule has 1 fully saturated rings. The van der Waals surface area contributed by atoms with Crippen molar-refractivity contribution in [3.63, 3.8) is 0 Å². The number of nitrogens with zero attached hydrogens (tertiary/aromatic N) is 3. The van der Waals surface area contributed by atoms with Crippen LogP contribution in [0.5, 0.6) is 5.75 Å². The molecule has 1 saturated heterocycles. The third-order valence-corrected chi connectivity index (χ3v) is 6.08. The van der Waals surface area contributed by atoms with Crippen LogP contribution in [0.25, 0.3) is 11.3 Å². The van der Waals surface area contributed by atoms with Crippen LogP contribution in [0.4, 0.5) is 5.69 Å². The number of amides is 2. The number of carbonyl (C=O) groups excluding carboxylic acids is 2. The quantitative estimate of drug-likeness (QED) is 0.554. The second kappa shape index (κ2) is 11.2. The molecule has 1 aromatic carbocycles. The van der Waals surface area contributed by atoms with E-state index >= 15 is 0 Å². The van der Waals surface area contributed by atoms with E-state index in [0.717, 1.165) is 32.7 Å². The van der Waals surface area contributed by atoms with Crippen LogP contribution in [-0.4, -0.2) is 78.5 Å². The van der Waals surface area contributed by atoms with Crippen molar-refractivity contribution in [1.29, 1.82) is 0 Å². The molecule has 1 aliphatic rings. The van der Waals surface area contributed by atoms with Gasteiger partial charge in [0, 0.05) is 50.0 Å². The number of hydrogen-bond donors (Lipinski definition) is 2. The van der Waals surface area contributed by atoms with Gasteiger partial charge in [-0.15, -0.1) is 0 Å². The molecule has 1 aliphatic heterocycles. The van der Waals surface area contributed by atoms with Crippen LogP contribution >= 0.6 is 0 Å². The van der Waals surface area contributed by atoms with Gasteiger partial charge in [0.1, 0.15) is 5.75 Å². The van der Waals surface area contributed by atoms with Crippen molar-refractivity contribution in [2.75, 3.05) is 51.7 Å². The average molecular weight is 486 g/mol. The molecule has 2 N–H and O–H groups in total. The molecule has 2 aromatic rings. The molecule has 2 amide bonds. The molecule has 3 rings (SSSR count). The lowest BCUT2D eigenvalue weighted by Gasteiger charge is -2.39. The molecule has 0 aliphatic carbocycles. The Hall–Kier alpha value is -2.91. The average Bonchev–Trinajstić information content (AvgIpc) is 3.32. The summed E-state index contributed by atoms with van der Waals surface area (Å²) >= 11 is 0. The van der Waals surface area contributed by atoms with E-state index in [1.54, 1.807) is 24.4 Å². The second-order valence-electron chi connectivity index (χ2n) is 11.0. The number of carbonyl (C=O) groups is 2. The van der Waals surface area contributed by atoms with Crippen LogP contribution < -0.4 is 15.4 Å². The van der Waals surface area contributed by atoms with Crippen LogP contribution in [-0.2, 0) is 9.59 Å². The normalized spacial score (nSPS) is 15.6. The summed E-state index contributed by atoms with van der Waals surface area (Å²) in [7, 11) is 1.53. The number of ether oxygens (including phenoxy) is 1. The second-order valence-corrected chi connectivity index (χ2v) is 11.0. The Labute approximate surface area is 208 Å². The number of rotatable bonds is 8. The van der Waals surface area contributed by atoms with Crippen LogP contribution in [0.3, 0.4) is 0 Å². The molecule has 0 unspecified atom stereocenters. The van der Waals surface area contributed by atoms with Crippen LogP contribution in [0, 0.1) is 5.41 Å². The van der Waals surface area contributed by atoms with E-state index in [2.05, 4.69) is 46.2 Å². The Bertz CT molecular complexity index is 990. The zero-order valence-electron chi connectivity index (χ0n) is 21.8. The molecule has 1 aromatic heterocycles. The third-order valence-electron chi connectivity index (χ3n) is 6.08. The Kier molecular flexibility index (Phi) is 8.56. The van der Waals surface area contributed by atoms with E-state index < -0.39 is 17.4 Å². The van der Waals surface area contributed by atoms with Gasteiger partial charge in [0.2, 0.25) is 0 Å². The van der Waals surface area contributed by atoms with Gasteiger partial charge in [0.25, 0.3) is 0 Å². The van der Waals surface area contributed by atoms with Crippen molar-refractivity contribution in [1.82, 2.24) is 20.1 Å². The fraction of sp³-hybridized carbons (Fsp3) is 0.577. The summed E-state index contributed by atoms with van der Waals surface area (Å²) in [4.78, 5) is 34.0. The topological polar surface area (TPSA) is 99.9 Å². The van der Waals surface area contributed by atoms with Gasteiger partial charge in [-0.05, 0) is 44.4 Å². The van der Waals surface area contributed by atoms with Gasteiger partial charge < -0.3 is 24.7 Å². The summed E-state index contributed by atoms with van der Waals surface area (Å²) < 4.78 is 10.7. The van der Waals surface area contributed by atoms with Gasteiger partial charge in [0.15, 0.2) is 12.2 Å². The van der Waals surface area contributed by atoms with E-state index in [0.29, 0.717) is 34.7 Å². The number of anilines is 1. The molecule has 9 heteroatoms. The summed E-state index contributed by atoms with van der Waals surface area (Å²) in [5.74, 6) is -0.340. The highest BCUT2D eigenvalue weighted by atomic mass is 16.5. The number of oxazole rings is 1. The van der Waals surface area contributed by atoms with Crippen molar-refractivity contribution in [3.05, 3.63) is 30.8 Å². The van der Waals surface area contributed by atoms with E-state index in [1.165, 1.54) is 19.9 Å². The lowest BCUT2D eigenvalue weighted by atomic mass is 9.92. The fourth-order valence-corrected chi connectivity index (χ4v) is 4.14. The minimum atomic E-state index is -0.723. The minimum Gasteiger partial charge on any atom is -0.496 e. The molecule has 0 radical (unpaired) electrons. The van der Waals surface area contributed by atoms with E-state index in [4.69, 9.17) is 9.15 Å². The van der Waals surface area contributed by atoms with Gasteiger partial charge >= 0.3 is 11.8 Å². The highest BCUT2D eigenvalue weighted by Gasteiger charge is 2.29. The Morgan fingerprint density at radius 2 is 1.74 bits per heavy atom. The van der Waals surface area contributed by atoms with Crippen LogP contribution in [0.2, 0.25) is 0 Å². The lowest BCUT2D eigenvalue weighted by molar-refractivity contribution is -0.137. The summed E-state index contributed by atoms with van der Waals surface area (Å²) in [5.41, 5.74) is 0.950. The Morgan fingerprint density at radius 1 is 1.06 bits per heavy atom. The maximum Gasteiger partial charge on any atom is 0.313 e. The number of benzene rings is 1. The highest BCUT2D eigenvalue weighted by Crippen LogP contribution is 2.32. The Balaban J connectivity index is 1.49. The molecular formula is C26H39N5O4.